The highest BCUT2D eigenvalue weighted by molar-refractivity contribution is 7.97. The maximum atomic E-state index is 14.2. The summed E-state index contributed by atoms with van der Waals surface area (Å²) in [4.78, 5) is 28.1. The summed E-state index contributed by atoms with van der Waals surface area (Å²) in [7, 11) is -2.48. The van der Waals surface area contributed by atoms with E-state index >= 15 is 0 Å². The summed E-state index contributed by atoms with van der Waals surface area (Å²) in [5.41, 5.74) is 2.30. The van der Waals surface area contributed by atoms with Gasteiger partial charge in [0, 0.05) is 24.0 Å². The lowest BCUT2D eigenvalue weighted by atomic mass is 9.93. The quantitative estimate of drug-likeness (QED) is 0.102. The number of rotatable bonds is 10. The average molecular weight is 621 g/mol. The summed E-state index contributed by atoms with van der Waals surface area (Å²) < 4.78 is 8.49. The number of aromatic nitrogens is 1. The predicted octanol–water partition coefficient (Wildman–Crippen LogP) is 8.25. The molecule has 1 heterocycles. The lowest BCUT2D eigenvalue weighted by Crippen LogP contribution is -2.57. The van der Waals surface area contributed by atoms with Gasteiger partial charge in [0.05, 0.1) is 0 Å². The molecule has 0 atom stereocenters. The van der Waals surface area contributed by atoms with Crippen LogP contribution in [0.4, 0.5) is 0 Å². The Morgan fingerprint density at radius 1 is 0.800 bits per heavy atom. The Bertz CT molecular complexity index is 1660. The number of ether oxygens (including phenoxy) is 1. The van der Waals surface area contributed by atoms with Crippen LogP contribution in [0, 0.1) is 6.92 Å². The maximum Gasteiger partial charge on any atom is 0.344 e. The topological polar surface area (TPSA) is 48.3 Å². The van der Waals surface area contributed by atoms with Crippen LogP contribution in [0.2, 0.25) is 0 Å². The first-order chi connectivity index (χ1) is 21.3. The Labute approximate surface area is 269 Å². The third-order valence-electron chi connectivity index (χ3n) is 9.53. The average Bonchev–Trinajstić information content (AvgIpc) is 3.02. The van der Waals surface area contributed by atoms with Gasteiger partial charge >= 0.3 is 5.97 Å². The van der Waals surface area contributed by atoms with Gasteiger partial charge in [-0.25, -0.2) is 4.79 Å². The highest BCUT2D eigenvalue weighted by Crippen LogP contribution is 2.69. The van der Waals surface area contributed by atoms with Gasteiger partial charge in [-0.15, -0.1) is 0 Å². The van der Waals surface area contributed by atoms with Crippen LogP contribution in [-0.4, -0.2) is 21.3 Å². The van der Waals surface area contributed by atoms with Crippen molar-refractivity contribution < 1.29 is 9.53 Å². The van der Waals surface area contributed by atoms with Crippen LogP contribution in [0.15, 0.2) is 119 Å². The molecule has 0 saturated heterocycles. The minimum atomic E-state index is -2.48. The molecule has 0 saturated carbocycles. The summed E-state index contributed by atoms with van der Waals surface area (Å²) in [6, 6.07) is 31.8. The zero-order valence-electron chi connectivity index (χ0n) is 28.2. The summed E-state index contributed by atoms with van der Waals surface area (Å²) in [5.74, 6) is -0.610. The summed E-state index contributed by atoms with van der Waals surface area (Å²) in [6.45, 7) is 19.0. The molecule has 0 fully saturated rings. The molecule has 4 nitrogen and oxygen atoms in total. The Hall–Kier alpha value is -4.01. The third kappa shape index (κ3) is 6.26. The third-order valence-corrected chi connectivity index (χ3v) is 15.0. The van der Waals surface area contributed by atoms with Gasteiger partial charge in [-0.3, -0.25) is 4.79 Å². The van der Waals surface area contributed by atoms with Crippen LogP contribution in [0.5, 0.6) is 0 Å². The summed E-state index contributed by atoms with van der Waals surface area (Å²) in [5, 5.41) is 2.98. The van der Waals surface area contributed by atoms with Crippen LogP contribution in [0.25, 0.3) is 6.08 Å². The van der Waals surface area contributed by atoms with Crippen molar-refractivity contribution in [1.82, 2.24) is 4.57 Å². The molecular weight excluding hydrogens is 573 g/mol. The molecule has 0 aliphatic rings. The summed E-state index contributed by atoms with van der Waals surface area (Å²) in [6.07, 6.45) is 5.43. The van der Waals surface area contributed by atoms with Gasteiger partial charge in [0.1, 0.15) is 39.5 Å². The number of hydrogen-bond acceptors (Lipinski definition) is 3. The Balaban J connectivity index is 1.91. The standard InChI is InChI=1S/C40H47NO3P/c1-10-41-28-36(37(42)35(31(41)5)27-26-30(4)29(2)3)38(43)44-39(6,7)40(8,9)45(32-20-14-11-15-21-32,33-22-16-12-17-23-33)34-24-18-13-19-25-34/h11-28H,10H2,1-9H3/q+1/b27-26-. The second kappa shape index (κ2) is 13.5. The van der Waals surface area contributed by atoms with Gasteiger partial charge in [-0.2, -0.15) is 0 Å². The van der Waals surface area contributed by atoms with Crippen molar-refractivity contribution in [2.75, 3.05) is 0 Å². The fraction of sp³-hybridized carbons (Fsp3) is 0.300. The van der Waals surface area contributed by atoms with Gasteiger partial charge in [-0.1, -0.05) is 71.8 Å². The van der Waals surface area contributed by atoms with E-state index in [1.807, 2.05) is 83.4 Å². The number of carbonyl (C=O) groups is 1. The first-order valence-corrected chi connectivity index (χ1v) is 17.4. The van der Waals surface area contributed by atoms with Crippen LogP contribution in [0.1, 0.15) is 77.0 Å². The van der Waals surface area contributed by atoms with Crippen LogP contribution in [0.3, 0.4) is 0 Å². The number of esters is 1. The van der Waals surface area contributed by atoms with Crippen molar-refractivity contribution in [1.29, 1.82) is 0 Å². The molecule has 0 bridgehead atoms. The fourth-order valence-electron chi connectivity index (χ4n) is 6.01. The van der Waals surface area contributed by atoms with Crippen molar-refractivity contribution >= 4 is 35.2 Å². The second-order valence-corrected chi connectivity index (χ2v) is 16.8. The highest BCUT2D eigenvalue weighted by atomic mass is 31.2. The molecule has 0 N–H and O–H groups in total. The molecule has 0 aliphatic carbocycles. The minimum absolute atomic E-state index is 0.0453. The van der Waals surface area contributed by atoms with E-state index in [0.29, 0.717) is 12.1 Å². The van der Waals surface area contributed by atoms with Crippen molar-refractivity contribution in [2.24, 2.45) is 0 Å². The number of aryl methyl sites for hydroxylation is 1. The molecule has 3 aromatic carbocycles. The van der Waals surface area contributed by atoms with Crippen molar-refractivity contribution in [3.8, 4) is 0 Å². The van der Waals surface area contributed by atoms with E-state index in [1.165, 1.54) is 21.5 Å². The molecule has 5 heteroatoms. The van der Waals surface area contributed by atoms with Gasteiger partial charge in [0.2, 0.25) is 5.43 Å². The van der Waals surface area contributed by atoms with Crippen molar-refractivity contribution in [3.63, 3.8) is 0 Å². The van der Waals surface area contributed by atoms with Gasteiger partial charge in [0.15, 0.2) is 0 Å². The largest absolute Gasteiger partial charge is 0.451 e. The molecule has 4 aromatic rings. The molecule has 0 unspecified atom stereocenters. The Morgan fingerprint density at radius 2 is 1.24 bits per heavy atom. The predicted molar refractivity (Wildman–Crippen MR) is 193 cm³/mol. The van der Waals surface area contributed by atoms with E-state index in [1.54, 1.807) is 6.20 Å². The number of benzene rings is 3. The van der Waals surface area contributed by atoms with Gasteiger partial charge < -0.3 is 9.30 Å². The lowest BCUT2D eigenvalue weighted by Gasteiger charge is -2.48. The number of carbonyl (C=O) groups excluding carboxylic acids is 1. The van der Waals surface area contributed by atoms with E-state index in [-0.39, 0.29) is 11.0 Å². The molecule has 0 spiro atoms. The van der Waals surface area contributed by atoms with E-state index in [4.69, 9.17) is 4.74 Å². The molecule has 45 heavy (non-hydrogen) atoms. The van der Waals surface area contributed by atoms with Crippen molar-refractivity contribution in [2.45, 2.75) is 79.6 Å². The highest BCUT2D eigenvalue weighted by Gasteiger charge is 2.65. The Morgan fingerprint density at radius 3 is 1.64 bits per heavy atom. The molecule has 234 valence electrons. The normalized spacial score (nSPS) is 12.3. The van der Waals surface area contributed by atoms with Gasteiger partial charge in [0.25, 0.3) is 0 Å². The maximum absolute atomic E-state index is 14.2. The SMILES string of the molecule is CCn1cc(C(=O)OC(C)(C)C(C)(C)[P+](c2ccccc2)(c2ccccc2)c2ccccc2)c(=O)c(/C=C\C(C)=C(C)C)c1C. The Kier molecular flexibility index (Phi) is 10.2. The fourth-order valence-corrected chi connectivity index (χ4v) is 11.5. The van der Waals surface area contributed by atoms with E-state index < -0.39 is 24.0 Å². The van der Waals surface area contributed by atoms with Crippen LogP contribution < -0.4 is 21.3 Å². The molecule has 0 radical (unpaired) electrons. The van der Waals surface area contributed by atoms with Gasteiger partial charge in [-0.05, 0) is 105 Å². The zero-order valence-corrected chi connectivity index (χ0v) is 29.1. The number of allylic oxidation sites excluding steroid dienone is 3. The number of hydrogen-bond donors (Lipinski definition) is 0. The first-order valence-electron chi connectivity index (χ1n) is 15.6. The van der Waals surface area contributed by atoms with Crippen molar-refractivity contribution in [3.05, 3.63) is 141 Å². The smallest absolute Gasteiger partial charge is 0.344 e. The monoisotopic (exact) mass is 620 g/mol. The van der Waals surface area contributed by atoms with Crippen LogP contribution in [-0.2, 0) is 11.3 Å². The minimum Gasteiger partial charge on any atom is -0.451 e. The van der Waals surface area contributed by atoms with E-state index in [0.717, 1.165) is 11.3 Å². The van der Waals surface area contributed by atoms with E-state index in [2.05, 4.69) is 86.6 Å². The molecular formula is C40H47NO3P+. The van der Waals surface area contributed by atoms with Crippen LogP contribution >= 0.6 is 7.26 Å². The van der Waals surface area contributed by atoms with E-state index in [9.17, 15) is 9.59 Å². The first kappa shape index (κ1) is 33.9. The number of pyridine rings is 1. The zero-order chi connectivity index (χ0) is 33.0. The second-order valence-electron chi connectivity index (χ2n) is 12.8. The summed E-state index contributed by atoms with van der Waals surface area (Å²) >= 11 is 0. The molecule has 0 aliphatic heterocycles. The molecule has 0 amide bonds. The molecule has 4 rings (SSSR count). The lowest BCUT2D eigenvalue weighted by molar-refractivity contribution is -0.0154. The molecule has 1 aromatic heterocycles. The number of nitrogens with zero attached hydrogens (tertiary/aromatic N) is 1.